The van der Waals surface area contributed by atoms with Gasteiger partial charge in [-0.3, -0.25) is 9.59 Å². The molecule has 0 aromatic carbocycles. The Balaban J connectivity index is 2.36. The van der Waals surface area contributed by atoms with Crippen molar-refractivity contribution in [2.24, 2.45) is 11.5 Å². The Labute approximate surface area is 111 Å². The zero-order chi connectivity index (χ0) is 14.2. The van der Waals surface area contributed by atoms with E-state index in [0.29, 0.717) is 0 Å². The summed E-state index contributed by atoms with van der Waals surface area (Å²) in [6.45, 7) is -0.203. The molecule has 1 aliphatic rings. The van der Waals surface area contributed by atoms with E-state index in [-0.39, 0.29) is 29.7 Å². The second-order valence-electron chi connectivity index (χ2n) is 4.07. The molecule has 3 atom stereocenters. The number of thioether (sulfide) groups is 1. The molecule has 2 rings (SSSR count). The fraction of sp³-hybridized carbons (Fsp3) is 0.556. The standard InChI is InChI=1S/C9H13N5O4S/c10-8(17)6-7(9(11)18)14(13-12-6)5-1-3(16)4(2-15)19-5/h3-5,15-16H,1-2H2,(H2,10,17)(H2,11,18)/t3-,4+,5+/m0/s1. The van der Waals surface area contributed by atoms with Gasteiger partial charge in [0.2, 0.25) is 0 Å². The molecule has 9 nitrogen and oxygen atoms in total. The molecule has 0 saturated carbocycles. The van der Waals surface area contributed by atoms with E-state index >= 15 is 0 Å². The van der Waals surface area contributed by atoms with Crippen LogP contribution in [0.1, 0.15) is 32.8 Å². The molecule has 1 fully saturated rings. The van der Waals surface area contributed by atoms with Crippen molar-refractivity contribution in [1.82, 2.24) is 15.0 Å². The lowest BCUT2D eigenvalue weighted by molar-refractivity contribution is 0.0957. The topological polar surface area (TPSA) is 157 Å². The first-order valence-corrected chi connectivity index (χ1v) is 6.39. The average Bonchev–Trinajstić information content (AvgIpc) is 2.91. The Morgan fingerprint density at radius 3 is 2.58 bits per heavy atom. The highest BCUT2D eigenvalue weighted by molar-refractivity contribution is 8.00. The molecule has 6 N–H and O–H groups in total. The van der Waals surface area contributed by atoms with Crippen molar-refractivity contribution in [3.63, 3.8) is 0 Å². The summed E-state index contributed by atoms with van der Waals surface area (Å²) in [7, 11) is 0. The summed E-state index contributed by atoms with van der Waals surface area (Å²) in [5.41, 5.74) is 9.80. The molecule has 1 aromatic rings. The minimum atomic E-state index is -0.901. The van der Waals surface area contributed by atoms with E-state index in [0.717, 1.165) is 0 Å². The summed E-state index contributed by atoms with van der Waals surface area (Å²) in [4.78, 5) is 22.5. The maximum Gasteiger partial charge on any atom is 0.271 e. The number of aliphatic hydroxyl groups is 2. The first-order valence-electron chi connectivity index (χ1n) is 5.44. The van der Waals surface area contributed by atoms with Gasteiger partial charge in [-0.05, 0) is 0 Å². The van der Waals surface area contributed by atoms with Crippen molar-refractivity contribution >= 4 is 23.6 Å². The van der Waals surface area contributed by atoms with Gasteiger partial charge in [0, 0.05) is 6.42 Å². The third kappa shape index (κ3) is 2.41. The molecular weight excluding hydrogens is 274 g/mol. The summed E-state index contributed by atoms with van der Waals surface area (Å²) in [6, 6.07) is 0. The minimum absolute atomic E-state index is 0.184. The predicted octanol–water partition coefficient (Wildman–Crippen LogP) is -2.17. The number of hydrogen-bond acceptors (Lipinski definition) is 7. The van der Waals surface area contributed by atoms with Gasteiger partial charge in [0.05, 0.1) is 18.0 Å². The van der Waals surface area contributed by atoms with E-state index in [9.17, 15) is 14.7 Å². The summed E-state index contributed by atoms with van der Waals surface area (Å²) in [6.07, 6.45) is -0.473. The first-order chi connectivity index (χ1) is 8.95. The average molecular weight is 287 g/mol. The van der Waals surface area contributed by atoms with Gasteiger partial charge in [-0.1, -0.05) is 5.21 Å². The Morgan fingerprint density at radius 1 is 1.42 bits per heavy atom. The zero-order valence-electron chi connectivity index (χ0n) is 9.76. The molecule has 1 saturated heterocycles. The molecule has 1 aromatic heterocycles. The molecule has 0 aliphatic carbocycles. The fourth-order valence-electron chi connectivity index (χ4n) is 1.92. The van der Waals surface area contributed by atoms with Crippen LogP contribution in [0.4, 0.5) is 0 Å². The van der Waals surface area contributed by atoms with E-state index in [1.807, 2.05) is 0 Å². The third-order valence-electron chi connectivity index (χ3n) is 2.82. The van der Waals surface area contributed by atoms with Crippen LogP contribution in [0.25, 0.3) is 0 Å². The normalized spacial score (nSPS) is 26.5. The monoisotopic (exact) mass is 287 g/mol. The second kappa shape index (κ2) is 5.15. The third-order valence-corrected chi connectivity index (χ3v) is 4.34. The van der Waals surface area contributed by atoms with Crippen LogP contribution >= 0.6 is 11.8 Å². The van der Waals surface area contributed by atoms with Gasteiger partial charge in [0.15, 0.2) is 11.4 Å². The summed E-state index contributed by atoms with van der Waals surface area (Å²) in [5.74, 6) is -1.77. The summed E-state index contributed by atoms with van der Waals surface area (Å²) in [5, 5.41) is 25.2. The van der Waals surface area contributed by atoms with Crippen LogP contribution in [-0.2, 0) is 0 Å². The molecule has 1 aliphatic heterocycles. The molecular formula is C9H13N5O4S. The van der Waals surface area contributed by atoms with Gasteiger partial charge in [0.1, 0.15) is 5.37 Å². The van der Waals surface area contributed by atoms with Gasteiger partial charge in [0.25, 0.3) is 11.8 Å². The van der Waals surface area contributed by atoms with E-state index in [1.54, 1.807) is 0 Å². The molecule has 0 radical (unpaired) electrons. The molecule has 0 bridgehead atoms. The first kappa shape index (κ1) is 13.8. The van der Waals surface area contributed by atoms with Crippen LogP contribution in [0.5, 0.6) is 0 Å². The van der Waals surface area contributed by atoms with Crippen molar-refractivity contribution in [2.75, 3.05) is 6.61 Å². The van der Waals surface area contributed by atoms with Crippen LogP contribution < -0.4 is 11.5 Å². The molecule has 104 valence electrons. The molecule has 2 heterocycles. The second-order valence-corrected chi connectivity index (χ2v) is 5.50. The van der Waals surface area contributed by atoms with E-state index in [4.69, 9.17) is 16.6 Å². The highest BCUT2D eigenvalue weighted by atomic mass is 32.2. The number of nitrogens with zero attached hydrogens (tertiary/aromatic N) is 3. The Hall–Kier alpha value is -1.65. The Kier molecular flexibility index (Phi) is 3.73. The highest BCUT2D eigenvalue weighted by Crippen LogP contribution is 2.41. The zero-order valence-corrected chi connectivity index (χ0v) is 10.6. The molecule has 2 amide bonds. The number of nitrogens with two attached hydrogens (primary N) is 2. The summed E-state index contributed by atoms with van der Waals surface area (Å²) >= 11 is 1.23. The van der Waals surface area contributed by atoms with Crippen molar-refractivity contribution in [3.8, 4) is 0 Å². The number of aliphatic hydroxyl groups excluding tert-OH is 2. The molecule has 10 heteroatoms. The Bertz CT molecular complexity index is 519. The molecule has 19 heavy (non-hydrogen) atoms. The number of primary amides is 2. The van der Waals surface area contributed by atoms with E-state index in [2.05, 4.69) is 10.3 Å². The maximum absolute atomic E-state index is 11.4. The van der Waals surface area contributed by atoms with Gasteiger partial charge in [-0.2, -0.15) is 0 Å². The van der Waals surface area contributed by atoms with Crippen molar-refractivity contribution in [3.05, 3.63) is 11.4 Å². The molecule has 0 unspecified atom stereocenters. The highest BCUT2D eigenvalue weighted by Gasteiger charge is 2.37. The lowest BCUT2D eigenvalue weighted by atomic mass is 10.2. The number of carbonyl (C=O) groups is 2. The van der Waals surface area contributed by atoms with Crippen molar-refractivity contribution in [1.29, 1.82) is 0 Å². The SMILES string of the molecule is NC(=O)c1nnn([C@H]2C[C@H](O)[C@@H](CO)S2)c1C(N)=O. The predicted molar refractivity (Wildman–Crippen MR) is 65.2 cm³/mol. The minimum Gasteiger partial charge on any atom is -0.395 e. The number of carbonyl (C=O) groups excluding carboxylic acids is 2. The summed E-state index contributed by atoms with van der Waals surface area (Å²) < 4.78 is 1.17. The number of aromatic nitrogens is 3. The smallest absolute Gasteiger partial charge is 0.271 e. The van der Waals surface area contributed by atoms with E-state index < -0.39 is 23.3 Å². The van der Waals surface area contributed by atoms with Crippen LogP contribution in [-0.4, -0.2) is 55.0 Å². The lowest BCUT2D eigenvalue weighted by Gasteiger charge is -2.11. The van der Waals surface area contributed by atoms with Crippen LogP contribution in [0.15, 0.2) is 0 Å². The van der Waals surface area contributed by atoms with Crippen molar-refractivity contribution < 1.29 is 19.8 Å². The Morgan fingerprint density at radius 2 is 2.11 bits per heavy atom. The van der Waals surface area contributed by atoms with Crippen LogP contribution in [0.2, 0.25) is 0 Å². The van der Waals surface area contributed by atoms with Crippen molar-refractivity contribution in [2.45, 2.75) is 23.1 Å². The number of hydrogen-bond donors (Lipinski definition) is 4. The largest absolute Gasteiger partial charge is 0.395 e. The van der Waals surface area contributed by atoms with Crippen LogP contribution in [0.3, 0.4) is 0 Å². The van der Waals surface area contributed by atoms with Gasteiger partial charge >= 0.3 is 0 Å². The number of rotatable bonds is 4. The van der Waals surface area contributed by atoms with Gasteiger partial charge in [-0.25, -0.2) is 4.68 Å². The van der Waals surface area contributed by atoms with Crippen LogP contribution in [0, 0.1) is 0 Å². The fourth-order valence-corrected chi connectivity index (χ4v) is 3.27. The quantitative estimate of drug-likeness (QED) is 0.490. The van der Waals surface area contributed by atoms with Gasteiger partial charge in [-0.15, -0.1) is 16.9 Å². The lowest BCUT2D eigenvalue weighted by Crippen LogP contribution is -2.24. The molecule has 0 spiro atoms. The van der Waals surface area contributed by atoms with Gasteiger partial charge < -0.3 is 21.7 Å². The van der Waals surface area contributed by atoms with E-state index in [1.165, 1.54) is 16.4 Å². The maximum atomic E-state index is 11.4. The number of amides is 2.